The first kappa shape index (κ1) is 36.1. The molecule has 8 N–H and O–H groups in total. The van der Waals surface area contributed by atoms with Gasteiger partial charge in [0.1, 0.15) is 23.9 Å². The minimum atomic E-state index is -1.33. The fourth-order valence-corrected chi connectivity index (χ4v) is 4.74. The molecule has 13 nitrogen and oxygen atoms in total. The Hall–Kier alpha value is -4.14. The number of nitrogens with one attached hydrogen (secondary N) is 4. The van der Waals surface area contributed by atoms with Crippen molar-refractivity contribution >= 4 is 41.3 Å². The van der Waals surface area contributed by atoms with Gasteiger partial charge in [-0.2, -0.15) is 11.8 Å². The maximum atomic E-state index is 13.2. The highest BCUT2D eigenvalue weighted by Crippen LogP contribution is 2.12. The smallest absolute Gasteiger partial charge is 0.243 e. The molecule has 2 rings (SSSR count). The number of aliphatic hydroxyl groups excluding tert-OH is 1. The van der Waals surface area contributed by atoms with E-state index >= 15 is 0 Å². The van der Waals surface area contributed by atoms with Crippen LogP contribution < -0.4 is 27.0 Å². The first-order valence-corrected chi connectivity index (χ1v) is 15.4. The quantitative estimate of drug-likeness (QED) is 0.107. The van der Waals surface area contributed by atoms with Crippen LogP contribution >= 0.6 is 11.8 Å². The Morgan fingerprint density at radius 1 is 0.864 bits per heavy atom. The van der Waals surface area contributed by atoms with Crippen LogP contribution in [0.4, 0.5) is 0 Å². The first-order chi connectivity index (χ1) is 21.0. The summed E-state index contributed by atoms with van der Waals surface area (Å²) in [6.45, 7) is -1.17. The Labute approximate surface area is 261 Å². The third kappa shape index (κ3) is 11.5. The molecule has 2 unspecified atom stereocenters. The number of nitrogens with two attached hydrogens (primary N) is 1. The molecule has 0 radical (unpaired) electrons. The summed E-state index contributed by atoms with van der Waals surface area (Å²) < 4.78 is 0. The Bertz CT molecular complexity index is 1250. The molecule has 0 aliphatic carbocycles. The fourth-order valence-electron chi connectivity index (χ4n) is 4.27. The summed E-state index contributed by atoms with van der Waals surface area (Å²) in [5.41, 5.74) is 6.80. The molecule has 0 spiro atoms. The van der Waals surface area contributed by atoms with E-state index in [1.54, 1.807) is 49.5 Å². The molecule has 0 heterocycles. The van der Waals surface area contributed by atoms with Crippen LogP contribution in [0, 0.1) is 0 Å². The molecule has 0 aliphatic rings. The van der Waals surface area contributed by atoms with Gasteiger partial charge in [-0.25, -0.2) is 0 Å². The van der Waals surface area contributed by atoms with E-state index in [-0.39, 0.29) is 12.2 Å². The van der Waals surface area contributed by atoms with Gasteiger partial charge in [-0.05, 0) is 55.2 Å². The number of phenolic OH excluding ortho intramolecular Hbond substituents is 1. The Balaban J connectivity index is 2.10. The summed E-state index contributed by atoms with van der Waals surface area (Å²) in [4.78, 5) is 65.3. The van der Waals surface area contributed by atoms with E-state index in [1.807, 2.05) is 6.26 Å². The van der Waals surface area contributed by atoms with Crippen molar-refractivity contribution in [3.63, 3.8) is 0 Å². The molecule has 0 saturated carbocycles. The lowest BCUT2D eigenvalue weighted by molar-refractivity contribution is -0.140. The van der Waals surface area contributed by atoms with Gasteiger partial charge in [0.25, 0.3) is 0 Å². The van der Waals surface area contributed by atoms with E-state index in [0.717, 1.165) is 16.0 Å². The Morgan fingerprint density at radius 3 is 2.05 bits per heavy atom. The third-order valence-electron chi connectivity index (χ3n) is 6.98. The number of hydrogen-bond donors (Lipinski definition) is 7. The number of hydrogen-bond acceptors (Lipinski definition) is 9. The van der Waals surface area contributed by atoms with Crippen molar-refractivity contribution in [2.45, 2.75) is 43.4 Å². The maximum absolute atomic E-state index is 13.2. The zero-order valence-corrected chi connectivity index (χ0v) is 25.9. The normalized spacial score (nSPS) is 13.5. The van der Waals surface area contributed by atoms with Crippen molar-refractivity contribution in [2.24, 2.45) is 5.73 Å². The molecule has 2 aromatic rings. The third-order valence-corrected chi connectivity index (χ3v) is 7.62. The molecule has 0 saturated heterocycles. The molecule has 0 aromatic heterocycles. The van der Waals surface area contributed by atoms with E-state index in [0.29, 0.717) is 18.6 Å². The summed E-state index contributed by atoms with van der Waals surface area (Å²) in [6.07, 6.45) is 2.60. The molecule has 0 aliphatic heterocycles. The summed E-state index contributed by atoms with van der Waals surface area (Å²) in [5, 5.41) is 29.6. The van der Waals surface area contributed by atoms with Gasteiger partial charge in [-0.3, -0.25) is 24.0 Å². The number of benzene rings is 2. The summed E-state index contributed by atoms with van der Waals surface area (Å²) in [7, 11) is 3.03. The van der Waals surface area contributed by atoms with Gasteiger partial charge in [0.2, 0.25) is 29.5 Å². The van der Waals surface area contributed by atoms with Crippen molar-refractivity contribution in [1.29, 1.82) is 0 Å². The summed E-state index contributed by atoms with van der Waals surface area (Å²) in [5.74, 6) is -2.51. The predicted molar refractivity (Wildman–Crippen MR) is 168 cm³/mol. The second-order valence-electron chi connectivity index (χ2n) is 10.1. The molecule has 0 fully saturated rings. The minimum absolute atomic E-state index is 0.0958. The monoisotopic (exact) mass is 630 g/mol. The van der Waals surface area contributed by atoms with E-state index in [2.05, 4.69) is 21.3 Å². The van der Waals surface area contributed by atoms with Crippen molar-refractivity contribution in [1.82, 2.24) is 26.2 Å². The standard InChI is InChI=1S/C30H42N6O7S/c1-32-23(15-20-9-11-21(38)12-10-20)29(42)34-22(13-14-44-3)28(41)33-17-26(39)36(2)25(16-19-7-5-4-6-8-19)30(43)35-24(18-37)27(31)40/h4-12,22-25,32,37-38H,13-18H2,1-3H3,(H2,31,40)(H,33,41)(H,34,42)(H,35,43)/t22-,23?,24-,25?/m1/s1. The molecular weight excluding hydrogens is 588 g/mol. The van der Waals surface area contributed by atoms with Gasteiger partial charge in [0.05, 0.1) is 19.2 Å². The zero-order chi connectivity index (χ0) is 32.6. The van der Waals surface area contributed by atoms with Gasteiger partial charge in [-0.1, -0.05) is 42.5 Å². The lowest BCUT2D eigenvalue weighted by Crippen LogP contribution is -2.57. The lowest BCUT2D eigenvalue weighted by atomic mass is 10.0. The molecular formula is C30H42N6O7S. The first-order valence-electron chi connectivity index (χ1n) is 14.0. The number of aromatic hydroxyl groups is 1. The highest BCUT2D eigenvalue weighted by Gasteiger charge is 2.31. The number of nitrogens with zero attached hydrogens (tertiary/aromatic N) is 1. The minimum Gasteiger partial charge on any atom is -0.508 e. The predicted octanol–water partition coefficient (Wildman–Crippen LogP) is -1.09. The molecule has 2 aromatic carbocycles. The van der Waals surface area contributed by atoms with Crippen LogP contribution in [-0.4, -0.2) is 108 Å². The topological polar surface area (TPSA) is 203 Å². The number of rotatable bonds is 18. The van der Waals surface area contributed by atoms with E-state index in [9.17, 15) is 34.2 Å². The van der Waals surface area contributed by atoms with Crippen LogP contribution in [0.3, 0.4) is 0 Å². The zero-order valence-electron chi connectivity index (χ0n) is 25.1. The molecule has 5 amide bonds. The van der Waals surface area contributed by atoms with E-state index in [1.165, 1.54) is 30.9 Å². The highest BCUT2D eigenvalue weighted by molar-refractivity contribution is 7.98. The van der Waals surface area contributed by atoms with E-state index < -0.39 is 66.9 Å². The maximum Gasteiger partial charge on any atom is 0.243 e. The van der Waals surface area contributed by atoms with Gasteiger partial charge in [0, 0.05) is 13.5 Å². The van der Waals surface area contributed by atoms with Crippen molar-refractivity contribution < 1.29 is 34.2 Å². The van der Waals surface area contributed by atoms with E-state index in [4.69, 9.17) is 5.73 Å². The number of thioether (sulfide) groups is 1. The van der Waals surface area contributed by atoms with Crippen LogP contribution in [0.5, 0.6) is 5.75 Å². The van der Waals surface area contributed by atoms with Crippen molar-refractivity contribution in [2.75, 3.05) is 39.3 Å². The molecule has 44 heavy (non-hydrogen) atoms. The van der Waals surface area contributed by atoms with Crippen LogP contribution in [0.25, 0.3) is 0 Å². The SMILES string of the molecule is CNC(Cc1ccc(O)cc1)C(=O)N[C@H](CCSC)C(=O)NCC(=O)N(C)C(Cc1ccccc1)C(=O)N[C@H](CO)C(N)=O. The van der Waals surface area contributed by atoms with Crippen LogP contribution in [0.15, 0.2) is 54.6 Å². The summed E-state index contributed by atoms with van der Waals surface area (Å²) >= 11 is 1.50. The second kappa shape index (κ2) is 18.5. The van der Waals surface area contributed by atoms with Crippen LogP contribution in [-0.2, 0) is 36.8 Å². The van der Waals surface area contributed by atoms with Gasteiger partial charge < -0.3 is 42.1 Å². The van der Waals surface area contributed by atoms with Gasteiger partial charge in [-0.15, -0.1) is 0 Å². The van der Waals surface area contributed by atoms with Crippen molar-refractivity contribution in [3.8, 4) is 5.75 Å². The summed E-state index contributed by atoms with van der Waals surface area (Å²) in [6, 6.07) is 11.4. The molecule has 0 bridgehead atoms. The van der Waals surface area contributed by atoms with Crippen LogP contribution in [0.2, 0.25) is 0 Å². The number of carbonyl (C=O) groups excluding carboxylic acids is 5. The number of amides is 5. The highest BCUT2D eigenvalue weighted by atomic mass is 32.2. The number of primary amides is 1. The average Bonchev–Trinajstić information content (AvgIpc) is 3.02. The molecule has 4 atom stereocenters. The number of carbonyl (C=O) groups is 5. The Morgan fingerprint density at radius 2 is 1.48 bits per heavy atom. The largest absolute Gasteiger partial charge is 0.508 e. The number of aliphatic hydroxyl groups is 1. The van der Waals surface area contributed by atoms with Crippen molar-refractivity contribution in [3.05, 3.63) is 65.7 Å². The van der Waals surface area contributed by atoms with Crippen LogP contribution in [0.1, 0.15) is 17.5 Å². The Kier molecular flexibility index (Phi) is 15.2. The lowest BCUT2D eigenvalue weighted by Gasteiger charge is -2.29. The average molecular weight is 631 g/mol. The van der Waals surface area contributed by atoms with Gasteiger partial charge in [0.15, 0.2) is 0 Å². The number of likely N-dealkylation sites (N-methyl/N-ethyl adjacent to an activating group) is 2. The second-order valence-corrected chi connectivity index (χ2v) is 11.1. The fraction of sp³-hybridized carbons (Fsp3) is 0.433. The molecule has 240 valence electrons. The van der Waals surface area contributed by atoms with Gasteiger partial charge >= 0.3 is 0 Å². The molecule has 14 heteroatoms. The number of phenols is 1.